The van der Waals surface area contributed by atoms with E-state index >= 15 is 0 Å². The van der Waals surface area contributed by atoms with E-state index in [1.807, 2.05) is 0 Å². The van der Waals surface area contributed by atoms with Crippen LogP contribution in [0.5, 0.6) is 5.75 Å². The van der Waals surface area contributed by atoms with E-state index in [1.165, 1.54) is 16.3 Å². The maximum atomic E-state index is 6.18. The Hall–Kier alpha value is -1.58. The van der Waals surface area contributed by atoms with E-state index < -0.39 is 0 Å². The molecule has 0 aliphatic carbocycles. The molecule has 0 radical (unpaired) electrons. The number of fused-ring (bicyclic) bond motifs is 1. The highest BCUT2D eigenvalue weighted by Gasteiger charge is 2.23. The van der Waals surface area contributed by atoms with Crippen LogP contribution in [0.25, 0.3) is 10.8 Å². The van der Waals surface area contributed by atoms with Crippen LogP contribution in [0.4, 0.5) is 0 Å². The number of nitrogens with two attached hydrogens (primary N) is 1. The Labute approximate surface area is 134 Å². The third kappa shape index (κ3) is 3.42. The monoisotopic (exact) mass is 300 g/mol. The molecule has 0 spiro atoms. The molecule has 2 N–H and O–H groups in total. The van der Waals surface area contributed by atoms with Gasteiger partial charge in [0.2, 0.25) is 0 Å². The molecule has 22 heavy (non-hydrogen) atoms. The van der Waals surface area contributed by atoms with Gasteiger partial charge in [0.1, 0.15) is 5.75 Å². The highest BCUT2D eigenvalue weighted by molar-refractivity contribution is 5.88. The van der Waals surface area contributed by atoms with Crippen molar-refractivity contribution in [3.05, 3.63) is 42.0 Å². The molecule has 120 valence electrons. The summed E-state index contributed by atoms with van der Waals surface area (Å²) in [5, 5.41) is 2.49. The minimum absolute atomic E-state index is 0.195. The van der Waals surface area contributed by atoms with Gasteiger partial charge in [-0.1, -0.05) is 44.2 Å². The van der Waals surface area contributed by atoms with Crippen molar-refractivity contribution in [1.29, 1.82) is 0 Å². The number of nitrogens with zero attached hydrogens (tertiary/aromatic N) is 1. The fraction of sp³-hybridized carbons (Fsp3) is 0.474. The van der Waals surface area contributed by atoms with Crippen LogP contribution in [-0.4, -0.2) is 31.6 Å². The zero-order valence-corrected chi connectivity index (χ0v) is 14.0. The molecule has 0 aliphatic heterocycles. The summed E-state index contributed by atoms with van der Waals surface area (Å²) in [5.74, 6) is 0.936. The van der Waals surface area contributed by atoms with E-state index in [9.17, 15) is 0 Å². The first kappa shape index (κ1) is 16.8. The molecule has 0 heterocycles. The number of methoxy groups -OCH3 is 1. The third-order valence-corrected chi connectivity index (χ3v) is 4.17. The van der Waals surface area contributed by atoms with Gasteiger partial charge in [0.25, 0.3) is 0 Å². The molecule has 0 aliphatic rings. The van der Waals surface area contributed by atoms with Gasteiger partial charge in [-0.25, -0.2) is 0 Å². The highest BCUT2D eigenvalue weighted by atomic mass is 16.5. The second-order valence-corrected chi connectivity index (χ2v) is 5.69. The van der Waals surface area contributed by atoms with Crippen molar-refractivity contribution in [2.24, 2.45) is 5.73 Å². The van der Waals surface area contributed by atoms with Crippen LogP contribution in [0, 0.1) is 0 Å². The van der Waals surface area contributed by atoms with Crippen molar-refractivity contribution in [3.63, 3.8) is 0 Å². The summed E-state index contributed by atoms with van der Waals surface area (Å²) in [5.41, 5.74) is 7.41. The molecular formula is C19H28N2O. The van der Waals surface area contributed by atoms with Gasteiger partial charge in [-0.3, -0.25) is 4.90 Å². The van der Waals surface area contributed by atoms with E-state index in [4.69, 9.17) is 10.5 Å². The Morgan fingerprint density at radius 1 is 1.05 bits per heavy atom. The summed E-state index contributed by atoms with van der Waals surface area (Å²) in [6, 6.07) is 12.9. The normalized spacial score (nSPS) is 12.8. The zero-order chi connectivity index (χ0) is 15.9. The van der Waals surface area contributed by atoms with E-state index in [2.05, 4.69) is 55.1 Å². The van der Waals surface area contributed by atoms with Crippen molar-refractivity contribution < 1.29 is 4.74 Å². The average molecular weight is 300 g/mol. The Balaban J connectivity index is 2.57. The maximum absolute atomic E-state index is 6.18. The molecule has 0 saturated heterocycles. The van der Waals surface area contributed by atoms with Crippen LogP contribution in [-0.2, 0) is 0 Å². The second-order valence-electron chi connectivity index (χ2n) is 5.69. The highest BCUT2D eigenvalue weighted by Crippen LogP contribution is 2.35. The fourth-order valence-electron chi connectivity index (χ4n) is 3.24. The number of benzene rings is 2. The minimum atomic E-state index is 0.195. The molecule has 0 bridgehead atoms. The van der Waals surface area contributed by atoms with Crippen molar-refractivity contribution in [3.8, 4) is 5.75 Å². The maximum Gasteiger partial charge on any atom is 0.124 e. The van der Waals surface area contributed by atoms with Gasteiger partial charge >= 0.3 is 0 Å². The molecule has 3 nitrogen and oxygen atoms in total. The molecule has 1 unspecified atom stereocenters. The largest absolute Gasteiger partial charge is 0.496 e. The standard InChI is InChI=1S/C19H28N2O/c1-4-12-21(13-5-2)17(14-20)19-16-9-7-6-8-15(16)10-11-18(19)22-3/h6-11,17H,4-5,12-14,20H2,1-3H3. The molecule has 2 rings (SSSR count). The van der Waals surface area contributed by atoms with Crippen molar-refractivity contribution >= 4 is 10.8 Å². The van der Waals surface area contributed by atoms with Crippen LogP contribution in [0.3, 0.4) is 0 Å². The summed E-state index contributed by atoms with van der Waals surface area (Å²) in [6.45, 7) is 7.15. The first-order chi connectivity index (χ1) is 10.8. The number of hydrogen-bond donors (Lipinski definition) is 1. The van der Waals surface area contributed by atoms with Gasteiger partial charge in [0.15, 0.2) is 0 Å². The predicted octanol–water partition coefficient (Wildman–Crippen LogP) is 3.97. The molecule has 1 atom stereocenters. The number of hydrogen-bond acceptors (Lipinski definition) is 3. The summed E-state index contributed by atoms with van der Waals surface area (Å²) in [6.07, 6.45) is 2.26. The SMILES string of the molecule is CCCN(CCC)C(CN)c1c(OC)ccc2ccccc12. The summed E-state index contributed by atoms with van der Waals surface area (Å²) in [7, 11) is 1.74. The van der Waals surface area contributed by atoms with Gasteiger partial charge < -0.3 is 10.5 Å². The first-order valence-corrected chi connectivity index (χ1v) is 8.26. The lowest BCUT2D eigenvalue weighted by Crippen LogP contribution is -2.35. The smallest absolute Gasteiger partial charge is 0.124 e. The molecule has 0 saturated carbocycles. The van der Waals surface area contributed by atoms with Gasteiger partial charge in [-0.05, 0) is 42.8 Å². The topological polar surface area (TPSA) is 38.5 Å². The molecule has 2 aromatic rings. The molecule has 0 fully saturated rings. The Kier molecular flexibility index (Phi) is 6.22. The number of ether oxygens (including phenoxy) is 1. The first-order valence-electron chi connectivity index (χ1n) is 8.26. The van der Waals surface area contributed by atoms with Crippen molar-refractivity contribution in [2.45, 2.75) is 32.7 Å². The van der Waals surface area contributed by atoms with Crippen LogP contribution in [0.2, 0.25) is 0 Å². The van der Waals surface area contributed by atoms with Gasteiger partial charge in [-0.15, -0.1) is 0 Å². The number of rotatable bonds is 8. The molecule has 0 amide bonds. The Morgan fingerprint density at radius 3 is 2.32 bits per heavy atom. The second kappa shape index (κ2) is 8.16. The zero-order valence-electron chi connectivity index (χ0n) is 14.0. The van der Waals surface area contributed by atoms with Crippen molar-refractivity contribution in [2.75, 3.05) is 26.7 Å². The van der Waals surface area contributed by atoms with Crippen LogP contribution < -0.4 is 10.5 Å². The van der Waals surface area contributed by atoms with E-state index in [0.717, 1.165) is 31.7 Å². The molecule has 0 aromatic heterocycles. The van der Waals surface area contributed by atoms with Crippen LogP contribution >= 0.6 is 0 Å². The van der Waals surface area contributed by atoms with E-state index in [0.29, 0.717) is 6.54 Å². The summed E-state index contributed by atoms with van der Waals surface area (Å²) >= 11 is 0. The molecular weight excluding hydrogens is 272 g/mol. The lowest BCUT2D eigenvalue weighted by molar-refractivity contribution is 0.199. The predicted molar refractivity (Wildman–Crippen MR) is 94.5 cm³/mol. The van der Waals surface area contributed by atoms with Crippen molar-refractivity contribution in [1.82, 2.24) is 4.90 Å². The van der Waals surface area contributed by atoms with E-state index in [-0.39, 0.29) is 6.04 Å². The molecule has 3 heteroatoms. The van der Waals surface area contributed by atoms with E-state index in [1.54, 1.807) is 7.11 Å². The van der Waals surface area contributed by atoms with Gasteiger partial charge in [0, 0.05) is 12.1 Å². The Bertz CT molecular complexity index is 591. The van der Waals surface area contributed by atoms with Gasteiger partial charge in [-0.2, -0.15) is 0 Å². The lowest BCUT2D eigenvalue weighted by atomic mass is 9.96. The summed E-state index contributed by atoms with van der Waals surface area (Å²) in [4.78, 5) is 2.49. The van der Waals surface area contributed by atoms with Crippen LogP contribution in [0.1, 0.15) is 38.3 Å². The Morgan fingerprint density at radius 2 is 1.73 bits per heavy atom. The lowest BCUT2D eigenvalue weighted by Gasteiger charge is -2.32. The van der Waals surface area contributed by atoms with Crippen LogP contribution in [0.15, 0.2) is 36.4 Å². The summed E-state index contributed by atoms with van der Waals surface area (Å²) < 4.78 is 5.66. The third-order valence-electron chi connectivity index (χ3n) is 4.17. The minimum Gasteiger partial charge on any atom is -0.496 e. The average Bonchev–Trinajstić information content (AvgIpc) is 2.56. The fourth-order valence-corrected chi connectivity index (χ4v) is 3.24. The molecule has 2 aromatic carbocycles. The quantitative estimate of drug-likeness (QED) is 0.801. The van der Waals surface area contributed by atoms with Gasteiger partial charge in [0.05, 0.1) is 13.2 Å².